The van der Waals surface area contributed by atoms with Gasteiger partial charge in [0.2, 0.25) is 0 Å². The van der Waals surface area contributed by atoms with Crippen molar-refractivity contribution in [3.8, 4) is 17.6 Å². The van der Waals surface area contributed by atoms with E-state index in [2.05, 4.69) is 5.32 Å². The lowest BCUT2D eigenvalue weighted by Crippen LogP contribution is -2.40. The highest BCUT2D eigenvalue weighted by molar-refractivity contribution is 5.51. The van der Waals surface area contributed by atoms with Gasteiger partial charge in [-0.05, 0) is 36.6 Å². The van der Waals surface area contributed by atoms with Crippen LogP contribution in [0, 0.1) is 11.3 Å². The number of ether oxygens (including phenoxy) is 2. The first-order valence-electron chi connectivity index (χ1n) is 8.09. The van der Waals surface area contributed by atoms with E-state index in [0.29, 0.717) is 19.4 Å². The Morgan fingerprint density at radius 2 is 1.88 bits per heavy atom. The van der Waals surface area contributed by atoms with Crippen LogP contribution in [0.5, 0.6) is 11.5 Å². The second-order valence-electron chi connectivity index (χ2n) is 5.75. The minimum atomic E-state index is -0.604. The van der Waals surface area contributed by atoms with Crippen LogP contribution < -0.4 is 26.0 Å². The van der Waals surface area contributed by atoms with Crippen LogP contribution in [-0.4, -0.2) is 29.9 Å². The molecule has 1 N–H and O–H groups in total. The summed E-state index contributed by atoms with van der Waals surface area (Å²) in [5.74, 6) is 1.75. The predicted molar refractivity (Wildman–Crippen MR) is 98.0 cm³/mol. The summed E-state index contributed by atoms with van der Waals surface area (Å²) in [7, 11) is 6.09. The molecule has 0 fully saturated rings. The van der Waals surface area contributed by atoms with Gasteiger partial charge in [-0.15, -0.1) is 0 Å². The summed E-state index contributed by atoms with van der Waals surface area (Å²) >= 11 is 0. The van der Waals surface area contributed by atoms with Crippen molar-refractivity contribution in [3.05, 3.63) is 50.2 Å². The van der Waals surface area contributed by atoms with Crippen LogP contribution in [0.15, 0.2) is 27.8 Å². The normalized spacial score (nSPS) is 10.3. The van der Waals surface area contributed by atoms with E-state index in [-0.39, 0.29) is 11.4 Å². The Morgan fingerprint density at radius 3 is 2.50 bits per heavy atom. The molecular weight excluding hydrogens is 336 g/mol. The summed E-state index contributed by atoms with van der Waals surface area (Å²) in [6, 6.07) is 7.46. The number of aromatic nitrogens is 2. The molecule has 0 aliphatic carbocycles. The van der Waals surface area contributed by atoms with Gasteiger partial charge in [0, 0.05) is 20.6 Å². The lowest BCUT2D eigenvalue weighted by Gasteiger charge is -2.14. The molecule has 0 unspecified atom stereocenters. The fourth-order valence-electron chi connectivity index (χ4n) is 2.71. The lowest BCUT2D eigenvalue weighted by atomic mass is 10.1. The van der Waals surface area contributed by atoms with Crippen molar-refractivity contribution >= 4 is 5.82 Å². The molecule has 26 heavy (non-hydrogen) atoms. The maximum absolute atomic E-state index is 12.1. The summed E-state index contributed by atoms with van der Waals surface area (Å²) in [5.41, 5.74) is -0.167. The molecule has 8 heteroatoms. The first-order valence-corrected chi connectivity index (χ1v) is 8.09. The van der Waals surface area contributed by atoms with Crippen molar-refractivity contribution in [2.24, 2.45) is 14.1 Å². The number of aryl methyl sites for hydroxylation is 1. The van der Waals surface area contributed by atoms with Crippen LogP contribution in [0.4, 0.5) is 5.82 Å². The SMILES string of the molecule is COc1ccc(OC)c(CCCNc2c(C#N)c(=O)n(C)c(=O)n2C)c1. The molecule has 1 aromatic heterocycles. The minimum Gasteiger partial charge on any atom is -0.497 e. The van der Waals surface area contributed by atoms with E-state index in [1.165, 1.54) is 18.7 Å². The van der Waals surface area contributed by atoms with Crippen molar-refractivity contribution in [1.82, 2.24) is 9.13 Å². The van der Waals surface area contributed by atoms with Gasteiger partial charge < -0.3 is 14.8 Å². The molecule has 0 aliphatic rings. The van der Waals surface area contributed by atoms with Crippen LogP contribution in [-0.2, 0) is 20.5 Å². The average Bonchev–Trinajstić information content (AvgIpc) is 2.67. The third-order valence-corrected chi connectivity index (χ3v) is 4.18. The number of hydrogen-bond donors (Lipinski definition) is 1. The molecule has 0 amide bonds. The van der Waals surface area contributed by atoms with Gasteiger partial charge in [0.25, 0.3) is 5.56 Å². The lowest BCUT2D eigenvalue weighted by molar-refractivity contribution is 0.398. The van der Waals surface area contributed by atoms with Crippen molar-refractivity contribution in [1.29, 1.82) is 5.26 Å². The summed E-state index contributed by atoms with van der Waals surface area (Å²) in [6.07, 6.45) is 1.41. The van der Waals surface area contributed by atoms with Crippen molar-refractivity contribution in [3.63, 3.8) is 0 Å². The molecule has 0 saturated carbocycles. The molecular formula is C18H22N4O4. The van der Waals surface area contributed by atoms with Gasteiger partial charge in [-0.1, -0.05) is 0 Å². The molecule has 0 radical (unpaired) electrons. The van der Waals surface area contributed by atoms with Gasteiger partial charge in [-0.2, -0.15) is 5.26 Å². The van der Waals surface area contributed by atoms with Crippen molar-refractivity contribution < 1.29 is 9.47 Å². The minimum absolute atomic E-state index is 0.0754. The quantitative estimate of drug-likeness (QED) is 0.742. The smallest absolute Gasteiger partial charge is 0.332 e. The highest BCUT2D eigenvalue weighted by atomic mass is 16.5. The largest absolute Gasteiger partial charge is 0.497 e. The molecule has 2 aromatic rings. The van der Waals surface area contributed by atoms with Gasteiger partial charge in [-0.25, -0.2) is 4.79 Å². The molecule has 0 atom stereocenters. The van der Waals surface area contributed by atoms with Crippen LogP contribution in [0.25, 0.3) is 0 Å². The van der Waals surface area contributed by atoms with Gasteiger partial charge in [0.05, 0.1) is 14.2 Å². The molecule has 138 valence electrons. The number of anilines is 1. The van der Waals surface area contributed by atoms with E-state index in [1.807, 2.05) is 24.3 Å². The van der Waals surface area contributed by atoms with Gasteiger partial charge in [0.15, 0.2) is 5.56 Å². The number of nitrogens with one attached hydrogen (secondary N) is 1. The number of nitrogens with zero attached hydrogens (tertiary/aromatic N) is 3. The second kappa shape index (κ2) is 8.25. The van der Waals surface area contributed by atoms with E-state index in [9.17, 15) is 14.9 Å². The molecule has 8 nitrogen and oxygen atoms in total. The molecule has 2 rings (SSSR count). The Morgan fingerprint density at radius 1 is 1.15 bits per heavy atom. The number of nitriles is 1. The van der Waals surface area contributed by atoms with E-state index < -0.39 is 11.2 Å². The Labute approximate surface area is 151 Å². The van der Waals surface area contributed by atoms with Gasteiger partial charge in [-0.3, -0.25) is 13.9 Å². The van der Waals surface area contributed by atoms with E-state index in [1.54, 1.807) is 14.2 Å². The summed E-state index contributed by atoms with van der Waals surface area (Å²) < 4.78 is 12.8. The van der Waals surface area contributed by atoms with Crippen LogP contribution in [0.1, 0.15) is 17.5 Å². The topological polar surface area (TPSA) is 98.3 Å². The number of rotatable bonds is 7. The number of hydrogen-bond acceptors (Lipinski definition) is 6. The van der Waals surface area contributed by atoms with Crippen LogP contribution >= 0.6 is 0 Å². The van der Waals surface area contributed by atoms with Gasteiger partial charge in [0.1, 0.15) is 23.4 Å². The maximum Gasteiger partial charge on any atom is 0.332 e. The Bertz CT molecular complexity index is 953. The number of methoxy groups -OCH3 is 2. The van der Waals surface area contributed by atoms with Gasteiger partial charge >= 0.3 is 5.69 Å². The fourth-order valence-corrected chi connectivity index (χ4v) is 2.71. The molecule has 1 aromatic carbocycles. The summed E-state index contributed by atoms with van der Waals surface area (Å²) in [5, 5.41) is 12.3. The highest BCUT2D eigenvalue weighted by Crippen LogP contribution is 2.25. The molecule has 0 spiro atoms. The van der Waals surface area contributed by atoms with Crippen LogP contribution in [0.3, 0.4) is 0 Å². The van der Waals surface area contributed by atoms with Crippen molar-refractivity contribution in [2.75, 3.05) is 26.1 Å². The highest BCUT2D eigenvalue weighted by Gasteiger charge is 2.15. The Balaban J connectivity index is 2.14. The van der Waals surface area contributed by atoms with E-state index in [0.717, 1.165) is 21.6 Å². The Hall–Kier alpha value is -3.21. The zero-order chi connectivity index (χ0) is 19.3. The zero-order valence-electron chi connectivity index (χ0n) is 15.3. The number of benzene rings is 1. The molecule has 1 heterocycles. The second-order valence-corrected chi connectivity index (χ2v) is 5.75. The fraction of sp³-hybridized carbons (Fsp3) is 0.389. The van der Waals surface area contributed by atoms with E-state index >= 15 is 0 Å². The monoisotopic (exact) mass is 358 g/mol. The van der Waals surface area contributed by atoms with E-state index in [4.69, 9.17) is 9.47 Å². The van der Waals surface area contributed by atoms with Crippen LogP contribution in [0.2, 0.25) is 0 Å². The standard InChI is InChI=1S/C18H22N4O4/c1-21-16(14(11-19)17(23)22(2)18(21)24)20-9-5-6-12-10-13(25-3)7-8-15(12)26-4/h7-8,10,20H,5-6,9H2,1-4H3. The Kier molecular flexibility index (Phi) is 6.07. The summed E-state index contributed by atoms with van der Waals surface area (Å²) in [6.45, 7) is 0.482. The van der Waals surface area contributed by atoms with Crippen molar-refractivity contribution in [2.45, 2.75) is 12.8 Å². The zero-order valence-corrected chi connectivity index (χ0v) is 15.3. The third kappa shape index (κ3) is 3.72. The first kappa shape index (κ1) is 19.1. The predicted octanol–water partition coefficient (Wildman–Crippen LogP) is 1.02. The maximum atomic E-state index is 12.1. The molecule has 0 bridgehead atoms. The first-order chi connectivity index (χ1) is 12.4. The average molecular weight is 358 g/mol. The molecule has 0 saturated heterocycles. The summed E-state index contributed by atoms with van der Waals surface area (Å²) in [4.78, 5) is 24.1. The molecule has 0 aliphatic heterocycles. The third-order valence-electron chi connectivity index (χ3n) is 4.18.